The molecule has 3 heterocycles. The lowest BCUT2D eigenvalue weighted by atomic mass is 9.97. The summed E-state index contributed by atoms with van der Waals surface area (Å²) in [5, 5.41) is 7.14. The van der Waals surface area contributed by atoms with E-state index in [0.29, 0.717) is 13.1 Å². The Hall–Kier alpha value is -2.90. The number of rotatable bonds is 5. The molecule has 2 aromatic rings. The summed E-state index contributed by atoms with van der Waals surface area (Å²) in [4.78, 5) is 36.7. The van der Waals surface area contributed by atoms with Crippen molar-refractivity contribution >= 4 is 28.7 Å². The second-order valence-corrected chi connectivity index (χ2v) is 6.17. The van der Waals surface area contributed by atoms with Gasteiger partial charge in [-0.1, -0.05) is 6.58 Å². The molecule has 0 bridgehead atoms. The molecule has 1 aliphatic heterocycles. The highest BCUT2D eigenvalue weighted by atomic mass is 16.2. The Bertz CT molecular complexity index is 786. The number of hydrogen-bond acceptors (Lipinski definition) is 5. The van der Waals surface area contributed by atoms with E-state index in [-0.39, 0.29) is 23.9 Å². The van der Waals surface area contributed by atoms with Crippen molar-refractivity contribution in [2.45, 2.75) is 31.8 Å². The zero-order valence-corrected chi connectivity index (χ0v) is 14.2. The molecule has 3 rings (SSSR count). The number of nitrogens with one attached hydrogen (secondary N) is 3. The molecule has 2 amide bonds. The third-order valence-electron chi connectivity index (χ3n) is 4.45. The fourth-order valence-corrected chi connectivity index (χ4v) is 3.19. The lowest BCUT2D eigenvalue weighted by molar-refractivity contribution is -0.130. The van der Waals surface area contributed by atoms with Gasteiger partial charge in [0.1, 0.15) is 17.8 Å². The third kappa shape index (κ3) is 3.78. The van der Waals surface area contributed by atoms with E-state index in [9.17, 15) is 9.59 Å². The van der Waals surface area contributed by atoms with Gasteiger partial charge in [-0.05, 0) is 25.0 Å². The SMILES string of the molecule is C=CC(=O)N1C[C@@H](Nc2ncnc3[nH]ccc23)CC[C@H]1CNC(C)=O. The summed E-state index contributed by atoms with van der Waals surface area (Å²) in [6.07, 6.45) is 6.32. The maximum atomic E-state index is 12.2. The first-order valence-corrected chi connectivity index (χ1v) is 8.30. The van der Waals surface area contributed by atoms with Crippen LogP contribution in [0.15, 0.2) is 31.2 Å². The number of hydrogen-bond donors (Lipinski definition) is 3. The average molecular weight is 342 g/mol. The molecule has 3 N–H and O–H groups in total. The Morgan fingerprint density at radius 3 is 3.04 bits per heavy atom. The van der Waals surface area contributed by atoms with Crippen molar-refractivity contribution in [3.8, 4) is 0 Å². The molecule has 0 aromatic carbocycles. The van der Waals surface area contributed by atoms with Crippen LogP contribution in [0.25, 0.3) is 11.0 Å². The largest absolute Gasteiger partial charge is 0.365 e. The van der Waals surface area contributed by atoms with E-state index in [1.807, 2.05) is 12.3 Å². The molecule has 25 heavy (non-hydrogen) atoms. The maximum Gasteiger partial charge on any atom is 0.246 e. The van der Waals surface area contributed by atoms with Gasteiger partial charge in [-0.25, -0.2) is 9.97 Å². The monoisotopic (exact) mass is 342 g/mol. The van der Waals surface area contributed by atoms with Crippen LogP contribution >= 0.6 is 0 Å². The van der Waals surface area contributed by atoms with Crippen LogP contribution in [0.2, 0.25) is 0 Å². The molecular weight excluding hydrogens is 320 g/mol. The molecule has 8 heteroatoms. The Balaban J connectivity index is 1.72. The minimum absolute atomic E-state index is 0.0230. The fraction of sp³-hybridized carbons (Fsp3) is 0.412. The highest BCUT2D eigenvalue weighted by molar-refractivity contribution is 5.88. The summed E-state index contributed by atoms with van der Waals surface area (Å²) in [7, 11) is 0. The van der Waals surface area contributed by atoms with Crippen molar-refractivity contribution < 1.29 is 9.59 Å². The third-order valence-corrected chi connectivity index (χ3v) is 4.45. The minimum atomic E-state index is -0.128. The highest BCUT2D eigenvalue weighted by Gasteiger charge is 2.31. The van der Waals surface area contributed by atoms with E-state index >= 15 is 0 Å². The van der Waals surface area contributed by atoms with Gasteiger partial charge in [-0.15, -0.1) is 0 Å². The van der Waals surface area contributed by atoms with Gasteiger partial charge in [-0.2, -0.15) is 0 Å². The predicted octanol–water partition coefficient (Wildman–Crippen LogP) is 1.05. The summed E-state index contributed by atoms with van der Waals surface area (Å²) >= 11 is 0. The Morgan fingerprint density at radius 1 is 1.44 bits per heavy atom. The van der Waals surface area contributed by atoms with Crippen molar-refractivity contribution in [1.82, 2.24) is 25.2 Å². The van der Waals surface area contributed by atoms with Crippen LogP contribution in [0.1, 0.15) is 19.8 Å². The molecule has 1 aliphatic rings. The fourth-order valence-electron chi connectivity index (χ4n) is 3.19. The molecule has 1 fully saturated rings. The zero-order valence-electron chi connectivity index (χ0n) is 14.2. The van der Waals surface area contributed by atoms with Crippen LogP contribution in [-0.2, 0) is 9.59 Å². The van der Waals surface area contributed by atoms with Gasteiger partial charge in [0.2, 0.25) is 11.8 Å². The summed E-state index contributed by atoms with van der Waals surface area (Å²) in [5.41, 5.74) is 0.774. The second kappa shape index (κ2) is 7.33. The van der Waals surface area contributed by atoms with Crippen LogP contribution in [0.3, 0.4) is 0 Å². The molecule has 1 saturated heterocycles. The van der Waals surface area contributed by atoms with Crippen molar-refractivity contribution in [2.24, 2.45) is 0 Å². The first-order chi connectivity index (χ1) is 12.1. The average Bonchev–Trinajstić information content (AvgIpc) is 3.09. The number of carbonyl (C=O) groups excluding carboxylic acids is 2. The van der Waals surface area contributed by atoms with Gasteiger partial charge >= 0.3 is 0 Å². The summed E-state index contributed by atoms with van der Waals surface area (Å²) in [6.45, 7) is 6.05. The summed E-state index contributed by atoms with van der Waals surface area (Å²) < 4.78 is 0. The van der Waals surface area contributed by atoms with Crippen molar-refractivity contribution in [1.29, 1.82) is 0 Å². The molecular formula is C17H22N6O2. The van der Waals surface area contributed by atoms with Gasteiger partial charge in [0.05, 0.1) is 5.39 Å². The number of anilines is 1. The molecule has 0 radical (unpaired) electrons. The smallest absolute Gasteiger partial charge is 0.246 e. The quantitative estimate of drug-likeness (QED) is 0.705. The second-order valence-electron chi connectivity index (χ2n) is 6.17. The molecule has 2 atom stereocenters. The van der Waals surface area contributed by atoms with E-state index in [2.05, 4.69) is 32.2 Å². The number of aromatic nitrogens is 3. The first-order valence-electron chi connectivity index (χ1n) is 8.30. The van der Waals surface area contributed by atoms with Crippen molar-refractivity contribution in [3.05, 3.63) is 31.2 Å². The molecule has 0 spiro atoms. The maximum absolute atomic E-state index is 12.2. The molecule has 0 aliphatic carbocycles. The summed E-state index contributed by atoms with van der Waals surface area (Å²) in [5.74, 6) is 0.529. The first kappa shape index (κ1) is 16.9. The van der Waals surface area contributed by atoms with E-state index < -0.39 is 0 Å². The number of likely N-dealkylation sites (tertiary alicyclic amines) is 1. The number of fused-ring (bicyclic) bond motifs is 1. The van der Waals surface area contributed by atoms with Gasteiger partial charge in [0.15, 0.2) is 0 Å². The Kier molecular flexibility index (Phi) is 4.97. The van der Waals surface area contributed by atoms with E-state index in [4.69, 9.17) is 0 Å². The summed E-state index contributed by atoms with van der Waals surface area (Å²) in [6, 6.07) is 1.97. The van der Waals surface area contributed by atoms with Crippen LogP contribution in [-0.4, -0.2) is 56.8 Å². The van der Waals surface area contributed by atoms with Crippen molar-refractivity contribution in [3.63, 3.8) is 0 Å². The van der Waals surface area contributed by atoms with Gasteiger partial charge in [0, 0.05) is 38.3 Å². The topological polar surface area (TPSA) is 103 Å². The van der Waals surface area contributed by atoms with Gasteiger partial charge in [-0.3, -0.25) is 9.59 Å². The normalized spacial score (nSPS) is 20.3. The lowest BCUT2D eigenvalue weighted by Gasteiger charge is -2.39. The Labute approximate surface area is 145 Å². The van der Waals surface area contributed by atoms with Gasteiger partial charge < -0.3 is 20.5 Å². The molecule has 132 valence electrons. The van der Waals surface area contributed by atoms with E-state index in [0.717, 1.165) is 29.7 Å². The van der Waals surface area contributed by atoms with Crippen LogP contribution < -0.4 is 10.6 Å². The van der Waals surface area contributed by atoms with Crippen LogP contribution in [0.5, 0.6) is 0 Å². The molecule has 0 saturated carbocycles. The zero-order chi connectivity index (χ0) is 17.8. The van der Waals surface area contributed by atoms with Gasteiger partial charge in [0.25, 0.3) is 0 Å². The van der Waals surface area contributed by atoms with Crippen LogP contribution in [0.4, 0.5) is 5.82 Å². The predicted molar refractivity (Wildman–Crippen MR) is 94.9 cm³/mol. The van der Waals surface area contributed by atoms with E-state index in [1.165, 1.54) is 19.3 Å². The number of piperidine rings is 1. The van der Waals surface area contributed by atoms with Crippen LogP contribution in [0, 0.1) is 0 Å². The molecule has 0 unspecified atom stereocenters. The number of amides is 2. The highest BCUT2D eigenvalue weighted by Crippen LogP contribution is 2.23. The van der Waals surface area contributed by atoms with Crippen molar-refractivity contribution in [2.75, 3.05) is 18.4 Å². The number of aromatic amines is 1. The van der Waals surface area contributed by atoms with E-state index in [1.54, 1.807) is 4.90 Å². The molecule has 2 aromatic heterocycles. The Morgan fingerprint density at radius 2 is 2.28 bits per heavy atom. The number of carbonyl (C=O) groups is 2. The number of H-pyrrole nitrogens is 1. The number of nitrogens with zero attached hydrogens (tertiary/aromatic N) is 3. The minimum Gasteiger partial charge on any atom is -0.365 e. The standard InChI is InChI=1S/C17H22N6O2/c1-3-15(25)23-9-12(4-5-13(23)8-19-11(2)24)22-17-14-6-7-18-16(14)20-10-21-17/h3,6-7,10,12-13H,1,4-5,8-9H2,2H3,(H,19,24)(H2,18,20,21,22)/t12-,13-/m0/s1. The molecule has 8 nitrogen and oxygen atoms in total. The lowest BCUT2D eigenvalue weighted by Crippen LogP contribution is -2.54.